The molecule has 0 N–H and O–H groups in total. The molecule has 19 heavy (non-hydrogen) atoms. The fraction of sp³-hybridized carbons (Fsp3) is 0.588. The number of benzene rings is 1. The molecule has 0 aliphatic rings. The summed E-state index contributed by atoms with van der Waals surface area (Å²) in [6.07, 6.45) is 1.95. The molecule has 0 radical (unpaired) electrons. The highest BCUT2D eigenvalue weighted by molar-refractivity contribution is 5.80. The zero-order chi connectivity index (χ0) is 14.4. The van der Waals surface area contributed by atoms with Gasteiger partial charge in [0.15, 0.2) is 0 Å². The molecule has 2 nitrogen and oxygen atoms in total. The van der Waals surface area contributed by atoms with Crippen LogP contribution in [-0.2, 0) is 7.05 Å². The van der Waals surface area contributed by atoms with E-state index in [1.165, 1.54) is 22.0 Å². The maximum Gasteiger partial charge on any atom is 0.0682 e. The minimum Gasteiger partial charge on any atom is -0.268 e. The van der Waals surface area contributed by atoms with Crippen LogP contribution in [0.4, 0.5) is 0 Å². The second-order valence-corrected chi connectivity index (χ2v) is 7.12. The predicted octanol–water partition coefficient (Wildman–Crippen LogP) is 4.67. The first kappa shape index (κ1) is 14.1. The fourth-order valence-electron chi connectivity index (χ4n) is 3.49. The maximum atomic E-state index is 4.36. The van der Waals surface area contributed by atoms with Gasteiger partial charge in [0.25, 0.3) is 0 Å². The fourth-order valence-corrected chi connectivity index (χ4v) is 3.49. The Morgan fingerprint density at radius 2 is 1.79 bits per heavy atom. The number of fused-ring (bicyclic) bond motifs is 1. The Balaban J connectivity index is 2.65. The lowest BCUT2D eigenvalue weighted by molar-refractivity contribution is 0.257. The van der Waals surface area contributed by atoms with E-state index in [-0.39, 0.29) is 5.41 Å². The van der Waals surface area contributed by atoms with Gasteiger partial charge in [0.1, 0.15) is 0 Å². The van der Waals surface area contributed by atoms with E-state index in [0.29, 0.717) is 11.8 Å². The van der Waals surface area contributed by atoms with Crippen LogP contribution in [0.1, 0.15) is 51.7 Å². The minimum absolute atomic E-state index is 0.269. The van der Waals surface area contributed by atoms with Gasteiger partial charge < -0.3 is 0 Å². The molecule has 2 rings (SSSR count). The van der Waals surface area contributed by atoms with Crippen LogP contribution in [0.5, 0.6) is 0 Å². The largest absolute Gasteiger partial charge is 0.268 e. The van der Waals surface area contributed by atoms with Gasteiger partial charge in [-0.1, -0.05) is 34.6 Å². The molecule has 0 aliphatic carbocycles. The summed E-state index contributed by atoms with van der Waals surface area (Å²) >= 11 is 0. The van der Waals surface area contributed by atoms with Gasteiger partial charge in [-0.2, -0.15) is 5.10 Å². The average Bonchev–Trinajstić information content (AvgIpc) is 2.58. The standard InChI is InChI=1S/C17H26N2/c1-11(2)16(17(4,5)6)14-9-15-13(8-12(14)3)10-18-19(15)7/h8-11,16H,1-7H3. The first-order chi connectivity index (χ1) is 8.71. The van der Waals surface area contributed by atoms with E-state index in [1.807, 2.05) is 17.9 Å². The number of aromatic nitrogens is 2. The highest BCUT2D eigenvalue weighted by atomic mass is 15.2. The smallest absolute Gasteiger partial charge is 0.0682 e. The van der Waals surface area contributed by atoms with Crippen molar-refractivity contribution in [1.82, 2.24) is 9.78 Å². The lowest BCUT2D eigenvalue weighted by Crippen LogP contribution is -2.24. The van der Waals surface area contributed by atoms with Crippen LogP contribution in [0.25, 0.3) is 10.9 Å². The maximum absolute atomic E-state index is 4.36. The van der Waals surface area contributed by atoms with Crippen LogP contribution in [0.2, 0.25) is 0 Å². The topological polar surface area (TPSA) is 17.8 Å². The Morgan fingerprint density at radius 1 is 1.16 bits per heavy atom. The summed E-state index contributed by atoms with van der Waals surface area (Å²) in [6, 6.07) is 4.62. The van der Waals surface area contributed by atoms with Crippen molar-refractivity contribution in [1.29, 1.82) is 0 Å². The molecule has 0 bridgehead atoms. The van der Waals surface area contributed by atoms with Crippen LogP contribution in [0.15, 0.2) is 18.3 Å². The molecule has 104 valence electrons. The molecule has 1 atom stereocenters. The summed E-state index contributed by atoms with van der Waals surface area (Å²) in [4.78, 5) is 0. The molecule has 1 heterocycles. The second-order valence-electron chi connectivity index (χ2n) is 7.12. The Labute approximate surface area is 116 Å². The van der Waals surface area contributed by atoms with E-state index >= 15 is 0 Å². The van der Waals surface area contributed by atoms with Crippen LogP contribution in [0, 0.1) is 18.3 Å². The second kappa shape index (κ2) is 4.66. The molecule has 0 saturated carbocycles. The van der Waals surface area contributed by atoms with Crippen LogP contribution in [0.3, 0.4) is 0 Å². The third-order valence-electron chi connectivity index (χ3n) is 4.07. The van der Waals surface area contributed by atoms with Crippen molar-refractivity contribution in [3.63, 3.8) is 0 Å². The average molecular weight is 258 g/mol. The van der Waals surface area contributed by atoms with Gasteiger partial charge in [-0.05, 0) is 47.4 Å². The van der Waals surface area contributed by atoms with E-state index in [0.717, 1.165) is 0 Å². The van der Waals surface area contributed by atoms with Crippen molar-refractivity contribution >= 4 is 10.9 Å². The normalized spacial score (nSPS) is 14.3. The number of nitrogens with zero attached hydrogens (tertiary/aromatic N) is 2. The molecule has 2 heteroatoms. The zero-order valence-corrected chi connectivity index (χ0v) is 13.3. The summed E-state index contributed by atoms with van der Waals surface area (Å²) in [5.41, 5.74) is 4.36. The summed E-state index contributed by atoms with van der Waals surface area (Å²) in [7, 11) is 2.02. The Morgan fingerprint density at radius 3 is 2.32 bits per heavy atom. The number of hydrogen-bond acceptors (Lipinski definition) is 1. The Hall–Kier alpha value is -1.31. The molecule has 0 spiro atoms. The minimum atomic E-state index is 0.269. The first-order valence-corrected chi connectivity index (χ1v) is 7.14. The van der Waals surface area contributed by atoms with E-state index in [4.69, 9.17) is 0 Å². The lowest BCUT2D eigenvalue weighted by Gasteiger charge is -2.35. The number of hydrogen-bond donors (Lipinski definition) is 0. The molecule has 1 unspecified atom stereocenters. The molecule has 0 saturated heterocycles. The Bertz CT molecular complexity index is 585. The molecular formula is C17H26N2. The van der Waals surface area contributed by atoms with E-state index < -0.39 is 0 Å². The predicted molar refractivity (Wildman–Crippen MR) is 82.5 cm³/mol. The molecule has 0 fully saturated rings. The summed E-state index contributed by atoms with van der Waals surface area (Å²) in [5.74, 6) is 1.19. The van der Waals surface area contributed by atoms with Crippen molar-refractivity contribution in [3.05, 3.63) is 29.5 Å². The third-order valence-corrected chi connectivity index (χ3v) is 4.07. The molecular weight excluding hydrogens is 232 g/mol. The van der Waals surface area contributed by atoms with Gasteiger partial charge in [0.2, 0.25) is 0 Å². The van der Waals surface area contributed by atoms with Gasteiger partial charge in [-0.3, -0.25) is 4.68 Å². The van der Waals surface area contributed by atoms with E-state index in [1.54, 1.807) is 0 Å². The van der Waals surface area contributed by atoms with Crippen LogP contribution < -0.4 is 0 Å². The highest BCUT2D eigenvalue weighted by Crippen LogP contribution is 2.42. The summed E-state index contributed by atoms with van der Waals surface area (Å²) < 4.78 is 1.97. The van der Waals surface area contributed by atoms with Crippen molar-refractivity contribution in [3.8, 4) is 0 Å². The van der Waals surface area contributed by atoms with Gasteiger partial charge in [0.05, 0.1) is 11.7 Å². The SMILES string of the molecule is Cc1cc2cnn(C)c2cc1C(C(C)C)C(C)(C)C. The summed E-state index contributed by atoms with van der Waals surface area (Å²) in [5, 5.41) is 5.60. The number of rotatable bonds is 2. The van der Waals surface area contributed by atoms with Gasteiger partial charge in [-0.15, -0.1) is 0 Å². The highest BCUT2D eigenvalue weighted by Gasteiger charge is 2.30. The zero-order valence-electron chi connectivity index (χ0n) is 13.3. The molecule has 0 aliphatic heterocycles. The summed E-state index contributed by atoms with van der Waals surface area (Å²) in [6.45, 7) is 13.9. The van der Waals surface area contributed by atoms with Crippen LogP contribution >= 0.6 is 0 Å². The van der Waals surface area contributed by atoms with Crippen molar-refractivity contribution in [2.24, 2.45) is 18.4 Å². The van der Waals surface area contributed by atoms with Crippen molar-refractivity contribution in [2.75, 3.05) is 0 Å². The van der Waals surface area contributed by atoms with Crippen molar-refractivity contribution < 1.29 is 0 Å². The lowest BCUT2D eigenvalue weighted by atomic mass is 9.69. The molecule has 2 aromatic rings. The Kier molecular flexibility index (Phi) is 3.46. The molecule has 1 aromatic carbocycles. The van der Waals surface area contributed by atoms with Crippen molar-refractivity contribution in [2.45, 2.75) is 47.5 Å². The quantitative estimate of drug-likeness (QED) is 0.765. The van der Waals surface area contributed by atoms with Gasteiger partial charge in [0, 0.05) is 12.4 Å². The first-order valence-electron chi connectivity index (χ1n) is 7.14. The van der Waals surface area contributed by atoms with Gasteiger partial charge >= 0.3 is 0 Å². The monoisotopic (exact) mass is 258 g/mol. The number of aryl methyl sites for hydroxylation is 2. The van der Waals surface area contributed by atoms with E-state index in [2.05, 4.69) is 58.8 Å². The van der Waals surface area contributed by atoms with Crippen LogP contribution in [-0.4, -0.2) is 9.78 Å². The van der Waals surface area contributed by atoms with E-state index in [9.17, 15) is 0 Å². The van der Waals surface area contributed by atoms with Gasteiger partial charge in [-0.25, -0.2) is 0 Å². The molecule has 1 aromatic heterocycles. The molecule has 0 amide bonds. The third kappa shape index (κ3) is 2.54.